The van der Waals surface area contributed by atoms with E-state index in [1.807, 2.05) is 41.8 Å². The van der Waals surface area contributed by atoms with Gasteiger partial charge in [0.25, 0.3) is 0 Å². The largest absolute Gasteiger partial charge is 0.320 e. The first kappa shape index (κ1) is 26.4. The molecule has 0 aromatic rings. The van der Waals surface area contributed by atoms with Gasteiger partial charge in [0.05, 0.1) is 0 Å². The summed E-state index contributed by atoms with van der Waals surface area (Å²) in [4.78, 5) is 2.15. The van der Waals surface area contributed by atoms with Crippen LogP contribution in [0.3, 0.4) is 0 Å². The first-order valence-electron chi connectivity index (χ1n) is 7.48. The Kier molecular flexibility index (Phi) is 44.3. The van der Waals surface area contributed by atoms with E-state index in [0.717, 1.165) is 25.6 Å². The SMILES string of the molecule is CC.CC.CNCCC(C)C.CNCCN(C)C. The van der Waals surface area contributed by atoms with Gasteiger partial charge in [-0.2, -0.15) is 0 Å². The third-order valence-electron chi connectivity index (χ3n) is 1.78. The lowest BCUT2D eigenvalue weighted by molar-refractivity contribution is 0.407. The van der Waals surface area contributed by atoms with Crippen molar-refractivity contribution < 1.29 is 0 Å². The van der Waals surface area contributed by atoms with Crippen molar-refractivity contribution in [1.29, 1.82) is 0 Å². The van der Waals surface area contributed by atoms with Crippen molar-refractivity contribution in [3.63, 3.8) is 0 Å². The Morgan fingerprint density at radius 1 is 0.833 bits per heavy atom. The maximum atomic E-state index is 3.10. The van der Waals surface area contributed by atoms with Gasteiger partial charge in [-0.25, -0.2) is 0 Å². The van der Waals surface area contributed by atoms with Gasteiger partial charge in [-0.15, -0.1) is 0 Å². The van der Waals surface area contributed by atoms with Crippen LogP contribution in [0, 0.1) is 5.92 Å². The molecule has 0 aromatic carbocycles. The monoisotopic (exact) mass is 263 g/mol. The molecule has 0 rings (SSSR count). The van der Waals surface area contributed by atoms with E-state index in [1.165, 1.54) is 6.42 Å². The van der Waals surface area contributed by atoms with Gasteiger partial charge in [0.15, 0.2) is 0 Å². The zero-order chi connectivity index (χ0) is 15.4. The number of nitrogens with one attached hydrogen (secondary N) is 2. The summed E-state index contributed by atoms with van der Waals surface area (Å²) >= 11 is 0. The fourth-order valence-electron chi connectivity index (χ4n) is 0.768. The van der Waals surface area contributed by atoms with Crippen molar-refractivity contribution in [2.45, 2.75) is 48.0 Å². The maximum absolute atomic E-state index is 3.10. The smallest absolute Gasteiger partial charge is 0.0101 e. The molecule has 116 valence electrons. The normalized spacial score (nSPS) is 8.67. The van der Waals surface area contributed by atoms with Gasteiger partial charge in [0.1, 0.15) is 0 Å². The van der Waals surface area contributed by atoms with Crippen LogP contribution in [0.5, 0.6) is 0 Å². The molecule has 0 saturated carbocycles. The zero-order valence-electron chi connectivity index (χ0n) is 14.9. The molecule has 3 nitrogen and oxygen atoms in total. The van der Waals surface area contributed by atoms with Gasteiger partial charge in [-0.05, 0) is 47.1 Å². The van der Waals surface area contributed by atoms with E-state index >= 15 is 0 Å². The van der Waals surface area contributed by atoms with Crippen LogP contribution < -0.4 is 10.6 Å². The Morgan fingerprint density at radius 2 is 1.22 bits per heavy atom. The number of rotatable bonds is 6. The fraction of sp³-hybridized carbons (Fsp3) is 1.00. The van der Waals surface area contributed by atoms with Gasteiger partial charge in [0.2, 0.25) is 0 Å². The Morgan fingerprint density at radius 3 is 1.33 bits per heavy atom. The molecule has 2 N–H and O–H groups in total. The molecular formula is C15H41N3. The number of hydrogen-bond acceptors (Lipinski definition) is 3. The zero-order valence-corrected chi connectivity index (χ0v) is 14.9. The summed E-state index contributed by atoms with van der Waals surface area (Å²) in [6.07, 6.45) is 1.29. The molecule has 0 spiro atoms. The summed E-state index contributed by atoms with van der Waals surface area (Å²) in [5.74, 6) is 0.840. The second-order valence-electron chi connectivity index (χ2n) is 4.19. The maximum Gasteiger partial charge on any atom is 0.0101 e. The van der Waals surface area contributed by atoms with Crippen molar-refractivity contribution in [2.24, 2.45) is 5.92 Å². The molecule has 0 fully saturated rings. The molecule has 0 radical (unpaired) electrons. The highest BCUT2D eigenvalue weighted by Gasteiger charge is 1.88. The summed E-state index contributed by atoms with van der Waals surface area (Å²) in [6, 6.07) is 0. The molecule has 0 amide bonds. The Hall–Kier alpha value is -0.120. The van der Waals surface area contributed by atoms with Gasteiger partial charge in [0, 0.05) is 13.1 Å². The van der Waals surface area contributed by atoms with Crippen molar-refractivity contribution in [2.75, 3.05) is 47.8 Å². The Balaban J connectivity index is -0.0000000851. The van der Waals surface area contributed by atoms with Crippen LogP contribution in [0.15, 0.2) is 0 Å². The van der Waals surface area contributed by atoms with Crippen molar-refractivity contribution in [3.05, 3.63) is 0 Å². The molecule has 0 saturated heterocycles. The summed E-state index contributed by atoms with van der Waals surface area (Å²) in [5, 5.41) is 6.16. The number of nitrogens with zero attached hydrogens (tertiary/aromatic N) is 1. The lowest BCUT2D eigenvalue weighted by Crippen LogP contribution is -2.23. The highest BCUT2D eigenvalue weighted by Crippen LogP contribution is 1.94. The molecule has 0 unspecified atom stereocenters. The number of hydrogen-bond donors (Lipinski definition) is 2. The molecule has 0 aromatic heterocycles. The second kappa shape index (κ2) is 30.2. The standard InChI is InChI=1S/C6H15N.C5H14N2.2C2H6/c1-6(2)4-5-7-3;1-6-4-5-7(2)3;2*1-2/h6-7H,4-5H2,1-3H3;6H,4-5H2,1-3H3;2*1-2H3. The first-order valence-corrected chi connectivity index (χ1v) is 7.48. The van der Waals surface area contributed by atoms with E-state index in [0.29, 0.717) is 0 Å². The van der Waals surface area contributed by atoms with Crippen molar-refractivity contribution in [3.8, 4) is 0 Å². The molecule has 18 heavy (non-hydrogen) atoms. The molecule has 0 aliphatic carbocycles. The van der Waals surface area contributed by atoms with Crippen LogP contribution in [0.4, 0.5) is 0 Å². The minimum absolute atomic E-state index is 0.840. The molecule has 3 heteroatoms. The minimum atomic E-state index is 0.840. The third-order valence-corrected chi connectivity index (χ3v) is 1.78. The number of likely N-dealkylation sites (N-methyl/N-ethyl adjacent to an activating group) is 2. The molecule has 0 bridgehead atoms. The lowest BCUT2D eigenvalue weighted by Gasteiger charge is -2.06. The Bertz CT molecular complexity index is 81.7. The summed E-state index contributed by atoms with van der Waals surface area (Å²) in [7, 11) is 8.08. The average molecular weight is 264 g/mol. The van der Waals surface area contributed by atoms with Crippen LogP contribution in [-0.4, -0.2) is 52.7 Å². The van der Waals surface area contributed by atoms with E-state index in [1.54, 1.807) is 0 Å². The predicted molar refractivity (Wildman–Crippen MR) is 88.6 cm³/mol. The average Bonchev–Trinajstić information content (AvgIpc) is 2.39. The van der Waals surface area contributed by atoms with Crippen LogP contribution >= 0.6 is 0 Å². The third kappa shape index (κ3) is 56.6. The van der Waals surface area contributed by atoms with Crippen LogP contribution in [0.2, 0.25) is 0 Å². The van der Waals surface area contributed by atoms with Gasteiger partial charge < -0.3 is 15.5 Å². The first-order chi connectivity index (χ1) is 8.54. The van der Waals surface area contributed by atoms with Crippen molar-refractivity contribution >= 4 is 0 Å². The van der Waals surface area contributed by atoms with Gasteiger partial charge in [-0.3, -0.25) is 0 Å². The molecular weight excluding hydrogens is 222 g/mol. The van der Waals surface area contributed by atoms with E-state index in [9.17, 15) is 0 Å². The van der Waals surface area contributed by atoms with E-state index in [2.05, 4.69) is 43.5 Å². The molecule has 0 heterocycles. The van der Waals surface area contributed by atoms with E-state index in [-0.39, 0.29) is 0 Å². The van der Waals surface area contributed by atoms with Crippen molar-refractivity contribution in [1.82, 2.24) is 15.5 Å². The highest BCUT2D eigenvalue weighted by molar-refractivity contribution is 4.45. The van der Waals surface area contributed by atoms with Gasteiger partial charge >= 0.3 is 0 Å². The summed E-state index contributed by atoms with van der Waals surface area (Å²) < 4.78 is 0. The molecule has 0 atom stereocenters. The quantitative estimate of drug-likeness (QED) is 0.771. The second-order valence-corrected chi connectivity index (χ2v) is 4.19. The van der Waals surface area contributed by atoms with E-state index < -0.39 is 0 Å². The van der Waals surface area contributed by atoms with Gasteiger partial charge in [-0.1, -0.05) is 41.5 Å². The fourth-order valence-corrected chi connectivity index (χ4v) is 0.768. The Labute approximate surface area is 118 Å². The minimum Gasteiger partial charge on any atom is -0.320 e. The molecule has 0 aliphatic heterocycles. The molecule has 0 aliphatic rings. The van der Waals surface area contributed by atoms with Crippen LogP contribution in [-0.2, 0) is 0 Å². The highest BCUT2D eigenvalue weighted by atomic mass is 15.1. The van der Waals surface area contributed by atoms with Crippen LogP contribution in [0.1, 0.15) is 48.0 Å². The predicted octanol–water partition coefficient (Wildman–Crippen LogP) is 3.07. The lowest BCUT2D eigenvalue weighted by atomic mass is 10.1. The summed E-state index contributed by atoms with van der Waals surface area (Å²) in [6.45, 7) is 15.8. The topological polar surface area (TPSA) is 27.3 Å². The van der Waals surface area contributed by atoms with E-state index in [4.69, 9.17) is 0 Å². The summed E-state index contributed by atoms with van der Waals surface area (Å²) in [5.41, 5.74) is 0. The van der Waals surface area contributed by atoms with Crippen LogP contribution in [0.25, 0.3) is 0 Å².